The SMILES string of the molecule is CCCC(OC)c1nc([C@@H]2CCCN2)cs1. The first kappa shape index (κ1) is 12.0. The van der Waals surface area contributed by atoms with Gasteiger partial charge in [0.1, 0.15) is 11.1 Å². The van der Waals surface area contributed by atoms with Gasteiger partial charge in [0.05, 0.1) is 11.7 Å². The minimum Gasteiger partial charge on any atom is -0.374 e. The molecule has 0 aromatic carbocycles. The fourth-order valence-corrected chi connectivity index (χ4v) is 3.13. The first-order valence-electron chi connectivity index (χ1n) is 6.06. The minimum atomic E-state index is 0.185. The fraction of sp³-hybridized carbons (Fsp3) is 0.750. The third kappa shape index (κ3) is 2.62. The molecule has 16 heavy (non-hydrogen) atoms. The zero-order valence-corrected chi connectivity index (χ0v) is 10.8. The van der Waals surface area contributed by atoms with Crippen LogP contribution in [0, 0.1) is 0 Å². The van der Waals surface area contributed by atoms with Crippen molar-refractivity contribution < 1.29 is 4.74 Å². The van der Waals surface area contributed by atoms with Gasteiger partial charge in [-0.15, -0.1) is 11.3 Å². The van der Waals surface area contributed by atoms with Crippen molar-refractivity contribution in [1.29, 1.82) is 0 Å². The van der Waals surface area contributed by atoms with E-state index in [1.165, 1.54) is 18.5 Å². The van der Waals surface area contributed by atoms with Crippen molar-refractivity contribution in [1.82, 2.24) is 10.3 Å². The highest BCUT2D eigenvalue weighted by Gasteiger charge is 2.21. The summed E-state index contributed by atoms with van der Waals surface area (Å²) in [4.78, 5) is 4.71. The van der Waals surface area contributed by atoms with E-state index in [0.717, 1.165) is 24.4 Å². The molecule has 0 bridgehead atoms. The van der Waals surface area contributed by atoms with Crippen LogP contribution in [-0.2, 0) is 4.74 Å². The number of nitrogens with zero attached hydrogens (tertiary/aromatic N) is 1. The van der Waals surface area contributed by atoms with Crippen LogP contribution in [0.25, 0.3) is 0 Å². The average Bonchev–Trinajstić information content (AvgIpc) is 2.95. The number of aromatic nitrogens is 1. The lowest BCUT2D eigenvalue weighted by molar-refractivity contribution is 0.0946. The van der Waals surface area contributed by atoms with Crippen LogP contribution >= 0.6 is 11.3 Å². The molecular formula is C12H20N2OS. The molecule has 2 rings (SSSR count). The molecule has 0 aliphatic carbocycles. The van der Waals surface area contributed by atoms with E-state index in [2.05, 4.69) is 17.6 Å². The van der Waals surface area contributed by atoms with Crippen LogP contribution in [0.15, 0.2) is 5.38 Å². The molecule has 2 atom stereocenters. The van der Waals surface area contributed by atoms with E-state index in [4.69, 9.17) is 9.72 Å². The highest BCUT2D eigenvalue weighted by molar-refractivity contribution is 7.09. The van der Waals surface area contributed by atoms with Crippen molar-refractivity contribution in [3.05, 3.63) is 16.1 Å². The van der Waals surface area contributed by atoms with E-state index in [1.54, 1.807) is 18.4 Å². The molecule has 1 fully saturated rings. The van der Waals surface area contributed by atoms with Crippen molar-refractivity contribution in [3.63, 3.8) is 0 Å². The van der Waals surface area contributed by atoms with Gasteiger partial charge >= 0.3 is 0 Å². The third-order valence-electron chi connectivity index (χ3n) is 3.07. The van der Waals surface area contributed by atoms with Gasteiger partial charge < -0.3 is 10.1 Å². The molecule has 4 heteroatoms. The highest BCUT2D eigenvalue weighted by Crippen LogP contribution is 2.29. The number of hydrogen-bond acceptors (Lipinski definition) is 4. The van der Waals surface area contributed by atoms with Gasteiger partial charge in [0, 0.05) is 12.5 Å². The van der Waals surface area contributed by atoms with Gasteiger partial charge in [0.15, 0.2) is 0 Å². The topological polar surface area (TPSA) is 34.1 Å². The molecule has 90 valence electrons. The van der Waals surface area contributed by atoms with Gasteiger partial charge in [-0.2, -0.15) is 0 Å². The summed E-state index contributed by atoms with van der Waals surface area (Å²) in [5.74, 6) is 0. The Morgan fingerprint density at radius 3 is 3.19 bits per heavy atom. The Morgan fingerprint density at radius 2 is 2.56 bits per heavy atom. The van der Waals surface area contributed by atoms with Crippen molar-refractivity contribution in [2.24, 2.45) is 0 Å². The van der Waals surface area contributed by atoms with Gasteiger partial charge in [0.25, 0.3) is 0 Å². The van der Waals surface area contributed by atoms with Crippen LogP contribution in [0.3, 0.4) is 0 Å². The summed E-state index contributed by atoms with van der Waals surface area (Å²) in [6.07, 6.45) is 4.86. The van der Waals surface area contributed by atoms with Crippen LogP contribution in [-0.4, -0.2) is 18.6 Å². The minimum absolute atomic E-state index is 0.185. The van der Waals surface area contributed by atoms with E-state index in [1.807, 2.05) is 0 Å². The molecule has 1 saturated heterocycles. The third-order valence-corrected chi connectivity index (χ3v) is 4.02. The zero-order chi connectivity index (χ0) is 11.4. The van der Waals surface area contributed by atoms with Crippen molar-refractivity contribution in [2.75, 3.05) is 13.7 Å². The Kier molecular flexibility index (Phi) is 4.32. The quantitative estimate of drug-likeness (QED) is 0.859. The normalized spacial score (nSPS) is 22.5. The fourth-order valence-electron chi connectivity index (χ4n) is 2.15. The maximum atomic E-state index is 5.48. The smallest absolute Gasteiger partial charge is 0.122 e. The summed E-state index contributed by atoms with van der Waals surface area (Å²) >= 11 is 1.73. The van der Waals surface area contributed by atoms with Crippen LogP contribution in [0.5, 0.6) is 0 Å². The maximum Gasteiger partial charge on any atom is 0.122 e. The molecule has 1 N–H and O–H groups in total. The maximum absolute atomic E-state index is 5.48. The molecule has 0 radical (unpaired) electrons. The molecule has 0 spiro atoms. The Bertz CT molecular complexity index is 321. The number of nitrogens with one attached hydrogen (secondary N) is 1. The summed E-state index contributed by atoms with van der Waals surface area (Å²) < 4.78 is 5.48. The summed E-state index contributed by atoms with van der Waals surface area (Å²) in [7, 11) is 1.77. The zero-order valence-electron chi connectivity index (χ0n) is 10.0. The molecule has 1 aromatic rings. The van der Waals surface area contributed by atoms with E-state index < -0.39 is 0 Å². The standard InChI is InChI=1S/C12H20N2OS/c1-3-5-11(15-2)12-14-10(8-16-12)9-6-4-7-13-9/h8-9,11,13H,3-7H2,1-2H3/t9-,11?/m0/s1. The molecule has 0 saturated carbocycles. The molecule has 0 amide bonds. The highest BCUT2D eigenvalue weighted by atomic mass is 32.1. The summed E-state index contributed by atoms with van der Waals surface area (Å²) in [6.45, 7) is 3.30. The molecule has 1 aliphatic heterocycles. The van der Waals surface area contributed by atoms with Crippen LogP contribution < -0.4 is 5.32 Å². The molecule has 3 nitrogen and oxygen atoms in total. The Labute approximate surface area is 101 Å². The van der Waals surface area contributed by atoms with E-state index >= 15 is 0 Å². The molecular weight excluding hydrogens is 220 g/mol. The molecule has 1 aliphatic rings. The average molecular weight is 240 g/mol. The van der Waals surface area contributed by atoms with Crippen molar-refractivity contribution >= 4 is 11.3 Å². The van der Waals surface area contributed by atoms with Crippen LogP contribution in [0.4, 0.5) is 0 Å². The lowest BCUT2D eigenvalue weighted by atomic mass is 10.2. The Hall–Kier alpha value is -0.450. The first-order chi connectivity index (χ1) is 7.85. The van der Waals surface area contributed by atoms with Gasteiger partial charge in [-0.1, -0.05) is 13.3 Å². The first-order valence-corrected chi connectivity index (χ1v) is 6.94. The van der Waals surface area contributed by atoms with E-state index in [-0.39, 0.29) is 6.10 Å². The van der Waals surface area contributed by atoms with Gasteiger partial charge in [-0.05, 0) is 25.8 Å². The monoisotopic (exact) mass is 240 g/mol. The molecule has 1 aromatic heterocycles. The van der Waals surface area contributed by atoms with Crippen LogP contribution in [0.2, 0.25) is 0 Å². The van der Waals surface area contributed by atoms with Crippen molar-refractivity contribution in [2.45, 2.75) is 44.8 Å². The van der Waals surface area contributed by atoms with Crippen LogP contribution in [0.1, 0.15) is 55.5 Å². The van der Waals surface area contributed by atoms with Gasteiger partial charge in [-0.3, -0.25) is 0 Å². The lowest BCUT2D eigenvalue weighted by Gasteiger charge is -2.11. The van der Waals surface area contributed by atoms with Crippen molar-refractivity contribution in [3.8, 4) is 0 Å². The Morgan fingerprint density at radius 1 is 1.69 bits per heavy atom. The van der Waals surface area contributed by atoms with Gasteiger partial charge in [-0.25, -0.2) is 4.98 Å². The summed E-state index contributed by atoms with van der Waals surface area (Å²) in [5.41, 5.74) is 1.20. The second kappa shape index (κ2) is 5.75. The van der Waals surface area contributed by atoms with E-state index in [0.29, 0.717) is 6.04 Å². The number of thiazole rings is 1. The van der Waals surface area contributed by atoms with Gasteiger partial charge in [0.2, 0.25) is 0 Å². The molecule has 1 unspecified atom stereocenters. The Balaban J connectivity index is 2.05. The molecule has 2 heterocycles. The summed E-state index contributed by atoms with van der Waals surface area (Å²) in [5, 5.41) is 6.79. The predicted molar refractivity (Wildman–Crippen MR) is 66.7 cm³/mol. The second-order valence-electron chi connectivity index (χ2n) is 4.27. The largest absolute Gasteiger partial charge is 0.374 e. The number of hydrogen-bond donors (Lipinski definition) is 1. The van der Waals surface area contributed by atoms with E-state index in [9.17, 15) is 0 Å². The summed E-state index contributed by atoms with van der Waals surface area (Å²) in [6, 6.07) is 0.476. The predicted octanol–water partition coefficient (Wildman–Crippen LogP) is 3.06. The second-order valence-corrected chi connectivity index (χ2v) is 5.16. The number of methoxy groups -OCH3 is 1. The number of rotatable bonds is 5. The number of ether oxygens (including phenoxy) is 1. The lowest BCUT2D eigenvalue weighted by Crippen LogP contribution is -2.13.